The van der Waals surface area contributed by atoms with Crippen LogP contribution in [0.25, 0.3) is 0 Å². The zero-order valence-electron chi connectivity index (χ0n) is 17.8. The first kappa shape index (κ1) is 19.0. The van der Waals surface area contributed by atoms with Crippen LogP contribution in [0.1, 0.15) is 64.2 Å². The van der Waals surface area contributed by atoms with Gasteiger partial charge in [0.2, 0.25) is 0 Å². The first-order chi connectivity index (χ1) is 14.3. The van der Waals surface area contributed by atoms with Crippen LogP contribution < -0.4 is 4.90 Å². The molecule has 3 nitrogen and oxygen atoms in total. The molecule has 0 radical (unpaired) electrons. The SMILES string of the molecule is CN1C2CCCCC2N(c2ccccc2)C2CC3SC4CCCCC4OC3CC21. The van der Waals surface area contributed by atoms with Gasteiger partial charge in [-0.3, -0.25) is 4.90 Å². The fourth-order valence-electron chi connectivity index (χ4n) is 7.31. The minimum Gasteiger partial charge on any atom is -0.373 e. The highest BCUT2D eigenvalue weighted by atomic mass is 32.2. The Bertz CT molecular complexity index is 714. The van der Waals surface area contributed by atoms with E-state index >= 15 is 0 Å². The summed E-state index contributed by atoms with van der Waals surface area (Å²) in [7, 11) is 2.43. The Hall–Kier alpha value is -0.710. The second kappa shape index (κ2) is 7.76. The molecule has 0 N–H and O–H groups in total. The minimum absolute atomic E-state index is 0.473. The Labute approximate surface area is 180 Å². The molecule has 29 heavy (non-hydrogen) atoms. The van der Waals surface area contributed by atoms with Crippen molar-refractivity contribution in [3.8, 4) is 0 Å². The monoisotopic (exact) mass is 412 g/mol. The van der Waals surface area contributed by atoms with E-state index in [4.69, 9.17) is 4.74 Å². The second-order valence-electron chi connectivity index (χ2n) is 10.1. The Balaban J connectivity index is 1.32. The van der Waals surface area contributed by atoms with E-state index in [-0.39, 0.29) is 0 Å². The second-order valence-corrected chi connectivity index (χ2v) is 11.6. The molecule has 2 heterocycles. The van der Waals surface area contributed by atoms with Gasteiger partial charge in [-0.1, -0.05) is 43.9 Å². The van der Waals surface area contributed by atoms with E-state index in [9.17, 15) is 0 Å². The largest absolute Gasteiger partial charge is 0.373 e. The lowest BCUT2D eigenvalue weighted by atomic mass is 9.76. The molecule has 0 bridgehead atoms. The number of fused-ring (bicyclic) bond motifs is 4. The van der Waals surface area contributed by atoms with Crippen molar-refractivity contribution < 1.29 is 4.74 Å². The lowest BCUT2D eigenvalue weighted by Gasteiger charge is -2.62. The molecule has 0 amide bonds. The van der Waals surface area contributed by atoms with Gasteiger partial charge in [0.15, 0.2) is 0 Å². The highest BCUT2D eigenvalue weighted by Crippen LogP contribution is 2.49. The van der Waals surface area contributed by atoms with Gasteiger partial charge in [-0.05, 0) is 57.7 Å². The highest BCUT2D eigenvalue weighted by Gasteiger charge is 2.53. The number of hydrogen-bond donors (Lipinski definition) is 0. The molecule has 0 aromatic heterocycles. The first-order valence-electron chi connectivity index (χ1n) is 12.2. The number of thioether (sulfide) groups is 1. The summed E-state index contributed by atoms with van der Waals surface area (Å²) in [5.74, 6) is 0. The van der Waals surface area contributed by atoms with Crippen LogP contribution in [-0.4, -0.2) is 58.8 Å². The average molecular weight is 413 g/mol. The van der Waals surface area contributed by atoms with E-state index in [1.807, 2.05) is 0 Å². The first-order valence-corrected chi connectivity index (χ1v) is 13.1. The van der Waals surface area contributed by atoms with Gasteiger partial charge < -0.3 is 9.64 Å². The van der Waals surface area contributed by atoms with Crippen LogP contribution >= 0.6 is 11.8 Å². The summed E-state index contributed by atoms with van der Waals surface area (Å²) < 4.78 is 6.80. The van der Waals surface area contributed by atoms with Gasteiger partial charge in [-0.15, -0.1) is 11.8 Å². The third-order valence-corrected chi connectivity index (χ3v) is 10.4. The van der Waals surface area contributed by atoms with E-state index in [2.05, 4.69) is 58.9 Å². The number of benzene rings is 1. The molecular formula is C25H36N2OS. The normalized spacial score (nSPS) is 44.9. The van der Waals surface area contributed by atoms with E-state index in [1.165, 1.54) is 69.9 Å². The molecule has 8 unspecified atom stereocenters. The van der Waals surface area contributed by atoms with Crippen molar-refractivity contribution >= 4 is 17.4 Å². The maximum atomic E-state index is 6.80. The number of rotatable bonds is 1. The molecular weight excluding hydrogens is 376 g/mol. The van der Waals surface area contributed by atoms with E-state index in [0.29, 0.717) is 41.6 Å². The molecule has 0 spiro atoms. The summed E-state index contributed by atoms with van der Waals surface area (Å²) in [4.78, 5) is 5.68. The topological polar surface area (TPSA) is 15.7 Å². The molecule has 6 rings (SSSR count). The van der Waals surface area contributed by atoms with Crippen LogP contribution in [0.4, 0.5) is 5.69 Å². The summed E-state index contributed by atoms with van der Waals surface area (Å²) in [6.45, 7) is 0. The third-order valence-electron chi connectivity index (χ3n) is 8.66. The molecule has 158 valence electrons. The predicted molar refractivity (Wildman–Crippen MR) is 122 cm³/mol. The van der Waals surface area contributed by atoms with Crippen LogP contribution in [0.5, 0.6) is 0 Å². The number of piperazine rings is 1. The maximum Gasteiger partial charge on any atom is 0.0714 e. The number of likely N-dealkylation sites (N-methyl/N-ethyl adjacent to an activating group) is 1. The van der Waals surface area contributed by atoms with E-state index < -0.39 is 0 Å². The zero-order chi connectivity index (χ0) is 19.4. The van der Waals surface area contributed by atoms with Crippen molar-refractivity contribution in [3.63, 3.8) is 0 Å². The Morgan fingerprint density at radius 1 is 0.759 bits per heavy atom. The molecule has 2 saturated heterocycles. The quantitative estimate of drug-likeness (QED) is 0.638. The van der Waals surface area contributed by atoms with Crippen LogP contribution in [0.15, 0.2) is 30.3 Å². The van der Waals surface area contributed by atoms with Gasteiger partial charge in [-0.25, -0.2) is 0 Å². The zero-order valence-corrected chi connectivity index (χ0v) is 18.6. The Morgan fingerprint density at radius 2 is 1.52 bits per heavy atom. The van der Waals surface area contributed by atoms with Crippen molar-refractivity contribution in [3.05, 3.63) is 30.3 Å². The standard InChI is InChI=1S/C25H36N2OS/c1-26-18-11-5-6-12-19(18)27(17-9-3-2-4-10-17)21-16-25-23(15-20(21)26)28-22-13-7-8-14-24(22)29-25/h2-4,9-10,18-25H,5-8,11-16H2,1H3. The molecule has 5 fully saturated rings. The number of para-hydroxylation sites is 1. The lowest BCUT2D eigenvalue weighted by Crippen LogP contribution is -2.72. The van der Waals surface area contributed by atoms with Crippen molar-refractivity contribution in [2.75, 3.05) is 11.9 Å². The fourth-order valence-corrected chi connectivity index (χ4v) is 9.09. The molecule has 2 aliphatic heterocycles. The molecule has 8 atom stereocenters. The van der Waals surface area contributed by atoms with Crippen molar-refractivity contribution in [1.82, 2.24) is 4.90 Å². The van der Waals surface area contributed by atoms with Crippen molar-refractivity contribution in [2.45, 2.75) is 111 Å². The van der Waals surface area contributed by atoms with E-state index in [0.717, 1.165) is 5.25 Å². The van der Waals surface area contributed by atoms with Gasteiger partial charge in [0, 0.05) is 40.4 Å². The van der Waals surface area contributed by atoms with E-state index in [1.54, 1.807) is 0 Å². The lowest BCUT2D eigenvalue weighted by molar-refractivity contribution is -0.0786. The van der Waals surface area contributed by atoms with Gasteiger partial charge in [0.05, 0.1) is 12.2 Å². The molecule has 5 aliphatic rings. The predicted octanol–water partition coefficient (Wildman–Crippen LogP) is 5.09. The van der Waals surface area contributed by atoms with Gasteiger partial charge in [0.25, 0.3) is 0 Å². The number of nitrogens with zero attached hydrogens (tertiary/aromatic N) is 2. The van der Waals surface area contributed by atoms with Crippen LogP contribution in [0.3, 0.4) is 0 Å². The number of hydrogen-bond acceptors (Lipinski definition) is 4. The summed E-state index contributed by atoms with van der Waals surface area (Å²) in [5, 5.41) is 1.45. The van der Waals surface area contributed by atoms with Crippen LogP contribution in [0, 0.1) is 0 Å². The molecule has 1 aromatic rings. The maximum absolute atomic E-state index is 6.80. The number of anilines is 1. The molecule has 4 heteroatoms. The molecule has 3 aliphatic carbocycles. The summed E-state index contributed by atoms with van der Waals surface area (Å²) >= 11 is 2.31. The highest BCUT2D eigenvalue weighted by molar-refractivity contribution is 8.00. The van der Waals surface area contributed by atoms with Crippen LogP contribution in [-0.2, 0) is 4.74 Å². The Kier molecular flexibility index (Phi) is 5.09. The molecule has 1 aromatic carbocycles. The van der Waals surface area contributed by atoms with Gasteiger partial charge >= 0.3 is 0 Å². The summed E-state index contributed by atoms with van der Waals surface area (Å²) in [5.41, 5.74) is 1.46. The third kappa shape index (κ3) is 3.25. The average Bonchev–Trinajstić information content (AvgIpc) is 2.78. The summed E-state index contributed by atoms with van der Waals surface area (Å²) in [6.07, 6.45) is 14.5. The van der Waals surface area contributed by atoms with Crippen molar-refractivity contribution in [2.24, 2.45) is 0 Å². The van der Waals surface area contributed by atoms with Crippen molar-refractivity contribution in [1.29, 1.82) is 0 Å². The van der Waals surface area contributed by atoms with Gasteiger partial charge in [-0.2, -0.15) is 0 Å². The van der Waals surface area contributed by atoms with Gasteiger partial charge in [0.1, 0.15) is 0 Å². The summed E-state index contributed by atoms with van der Waals surface area (Å²) in [6, 6.07) is 14.0. The van der Waals surface area contributed by atoms with Crippen LogP contribution in [0.2, 0.25) is 0 Å². The number of ether oxygens (including phenoxy) is 1. The fraction of sp³-hybridized carbons (Fsp3) is 0.760. The minimum atomic E-state index is 0.473. The smallest absolute Gasteiger partial charge is 0.0714 e. The Morgan fingerprint density at radius 3 is 2.38 bits per heavy atom. The molecule has 3 saturated carbocycles.